The van der Waals surface area contributed by atoms with Gasteiger partial charge >= 0.3 is 0 Å². The highest BCUT2D eigenvalue weighted by Gasteiger charge is 2.10. The van der Waals surface area contributed by atoms with Gasteiger partial charge in [0.2, 0.25) is 5.91 Å². The number of hydrogen-bond acceptors (Lipinski definition) is 4. The molecule has 0 spiro atoms. The second-order valence-corrected chi connectivity index (χ2v) is 5.11. The molecule has 5 heteroatoms. The van der Waals surface area contributed by atoms with Crippen LogP contribution in [0.2, 0.25) is 0 Å². The third-order valence-electron chi connectivity index (χ3n) is 3.31. The highest BCUT2D eigenvalue weighted by atomic mass is 16.5. The number of benzene rings is 2. The first-order valence-electron chi connectivity index (χ1n) is 7.89. The van der Waals surface area contributed by atoms with E-state index in [9.17, 15) is 9.59 Å². The minimum atomic E-state index is -0.178. The third-order valence-corrected chi connectivity index (χ3v) is 3.31. The smallest absolute Gasteiger partial charge is 0.228 e. The summed E-state index contributed by atoms with van der Waals surface area (Å²) in [5.41, 5.74) is 1.85. The van der Waals surface area contributed by atoms with E-state index in [2.05, 4.69) is 5.32 Å². The number of carbonyl (C=O) groups excluding carboxylic acids is 2. The molecule has 0 atom stereocenters. The first-order valence-corrected chi connectivity index (χ1v) is 7.89. The van der Waals surface area contributed by atoms with E-state index in [1.165, 1.54) is 0 Å². The van der Waals surface area contributed by atoms with Crippen molar-refractivity contribution in [1.82, 2.24) is 0 Å². The summed E-state index contributed by atoms with van der Waals surface area (Å²) >= 11 is 0. The van der Waals surface area contributed by atoms with Crippen molar-refractivity contribution < 1.29 is 19.1 Å². The zero-order valence-electron chi connectivity index (χ0n) is 13.9. The van der Waals surface area contributed by atoms with E-state index in [4.69, 9.17) is 9.47 Å². The van der Waals surface area contributed by atoms with Crippen LogP contribution in [0, 0.1) is 0 Å². The average Bonchev–Trinajstić information content (AvgIpc) is 2.58. The number of hydrogen-bond donors (Lipinski definition) is 1. The van der Waals surface area contributed by atoms with Gasteiger partial charge in [-0.25, -0.2) is 0 Å². The standard InChI is InChI=1S/C19H21NO4/c1-3-23-16-8-5-14(6-9-16)12-19(22)20-17-11-15(13-21)7-10-18(17)24-4-2/h5-11,13H,3-4,12H2,1-2H3,(H,20,22). The molecule has 0 saturated carbocycles. The normalized spacial score (nSPS) is 10.1. The zero-order chi connectivity index (χ0) is 17.4. The van der Waals surface area contributed by atoms with Gasteiger partial charge in [0.1, 0.15) is 17.8 Å². The summed E-state index contributed by atoms with van der Waals surface area (Å²) in [5, 5.41) is 2.80. The molecule has 2 aromatic carbocycles. The lowest BCUT2D eigenvalue weighted by Crippen LogP contribution is -2.15. The Bertz CT molecular complexity index is 695. The van der Waals surface area contributed by atoms with Crippen molar-refractivity contribution in [2.75, 3.05) is 18.5 Å². The van der Waals surface area contributed by atoms with Crippen LogP contribution < -0.4 is 14.8 Å². The molecular weight excluding hydrogens is 306 g/mol. The summed E-state index contributed by atoms with van der Waals surface area (Å²) in [6.45, 7) is 4.86. The summed E-state index contributed by atoms with van der Waals surface area (Å²) in [6.07, 6.45) is 0.959. The van der Waals surface area contributed by atoms with Crippen LogP contribution in [0.3, 0.4) is 0 Å². The monoisotopic (exact) mass is 327 g/mol. The Hall–Kier alpha value is -2.82. The van der Waals surface area contributed by atoms with Gasteiger partial charge in [-0.15, -0.1) is 0 Å². The van der Waals surface area contributed by atoms with Gasteiger partial charge in [0.15, 0.2) is 0 Å². The van der Waals surface area contributed by atoms with Gasteiger partial charge < -0.3 is 14.8 Å². The first kappa shape index (κ1) is 17.5. The van der Waals surface area contributed by atoms with Crippen LogP contribution >= 0.6 is 0 Å². The van der Waals surface area contributed by atoms with E-state index in [-0.39, 0.29) is 12.3 Å². The maximum Gasteiger partial charge on any atom is 0.228 e. The van der Waals surface area contributed by atoms with Gasteiger partial charge in [-0.2, -0.15) is 0 Å². The van der Waals surface area contributed by atoms with Crippen LogP contribution in [-0.4, -0.2) is 25.4 Å². The minimum Gasteiger partial charge on any atom is -0.494 e. The van der Waals surface area contributed by atoms with Crippen LogP contribution in [0.4, 0.5) is 5.69 Å². The molecule has 0 heterocycles. The molecule has 0 unspecified atom stereocenters. The molecule has 0 radical (unpaired) electrons. The van der Waals surface area contributed by atoms with Gasteiger partial charge in [-0.3, -0.25) is 9.59 Å². The molecule has 2 rings (SSSR count). The molecule has 0 aliphatic rings. The van der Waals surface area contributed by atoms with Crippen molar-refractivity contribution in [2.45, 2.75) is 20.3 Å². The molecule has 0 aliphatic carbocycles. The van der Waals surface area contributed by atoms with Gasteiger partial charge in [-0.05, 0) is 49.7 Å². The highest BCUT2D eigenvalue weighted by molar-refractivity contribution is 5.94. The van der Waals surface area contributed by atoms with Crippen LogP contribution in [0.1, 0.15) is 29.8 Å². The van der Waals surface area contributed by atoms with E-state index in [0.717, 1.165) is 17.6 Å². The third kappa shape index (κ3) is 4.84. The number of aldehydes is 1. The Labute approximate surface area is 141 Å². The Morgan fingerprint density at radius 3 is 2.38 bits per heavy atom. The van der Waals surface area contributed by atoms with Crippen LogP contribution in [0.5, 0.6) is 11.5 Å². The molecule has 0 aliphatic heterocycles. The van der Waals surface area contributed by atoms with E-state index >= 15 is 0 Å². The minimum absolute atomic E-state index is 0.178. The Kier molecular flexibility index (Phi) is 6.37. The maximum absolute atomic E-state index is 12.3. The molecule has 0 aromatic heterocycles. The molecule has 1 amide bonds. The van der Waals surface area contributed by atoms with E-state index in [0.29, 0.717) is 30.2 Å². The lowest BCUT2D eigenvalue weighted by Gasteiger charge is -2.12. The van der Waals surface area contributed by atoms with E-state index in [1.54, 1.807) is 18.2 Å². The van der Waals surface area contributed by atoms with E-state index in [1.807, 2.05) is 38.1 Å². The van der Waals surface area contributed by atoms with Crippen molar-refractivity contribution in [3.05, 3.63) is 53.6 Å². The Balaban J connectivity index is 2.07. The molecule has 126 valence electrons. The predicted molar refractivity (Wildman–Crippen MR) is 92.9 cm³/mol. The molecule has 1 N–H and O–H groups in total. The van der Waals surface area contributed by atoms with Crippen LogP contribution in [0.15, 0.2) is 42.5 Å². The van der Waals surface area contributed by atoms with Gasteiger partial charge in [-0.1, -0.05) is 12.1 Å². The SMILES string of the molecule is CCOc1ccc(CC(=O)Nc2cc(C=O)ccc2OCC)cc1. The number of rotatable bonds is 8. The van der Waals surface area contributed by atoms with Crippen LogP contribution in [-0.2, 0) is 11.2 Å². The number of nitrogens with one attached hydrogen (secondary N) is 1. The highest BCUT2D eigenvalue weighted by Crippen LogP contribution is 2.25. The van der Waals surface area contributed by atoms with Crippen molar-refractivity contribution in [3.63, 3.8) is 0 Å². The fraction of sp³-hybridized carbons (Fsp3) is 0.263. The second kappa shape index (κ2) is 8.72. The fourth-order valence-electron chi connectivity index (χ4n) is 2.25. The Morgan fingerprint density at radius 2 is 1.75 bits per heavy atom. The molecule has 0 saturated heterocycles. The van der Waals surface area contributed by atoms with Gasteiger partial charge in [0.25, 0.3) is 0 Å². The largest absolute Gasteiger partial charge is 0.494 e. The quantitative estimate of drug-likeness (QED) is 0.754. The molecule has 24 heavy (non-hydrogen) atoms. The van der Waals surface area contributed by atoms with Crippen molar-refractivity contribution >= 4 is 17.9 Å². The molecule has 5 nitrogen and oxygen atoms in total. The second-order valence-electron chi connectivity index (χ2n) is 5.11. The number of amides is 1. The number of ether oxygens (including phenoxy) is 2. The summed E-state index contributed by atoms with van der Waals surface area (Å²) in [4.78, 5) is 23.2. The fourth-order valence-corrected chi connectivity index (χ4v) is 2.25. The van der Waals surface area contributed by atoms with Crippen LogP contribution in [0.25, 0.3) is 0 Å². The molecule has 0 bridgehead atoms. The molecule has 0 fully saturated rings. The van der Waals surface area contributed by atoms with E-state index < -0.39 is 0 Å². The maximum atomic E-state index is 12.3. The molecular formula is C19H21NO4. The zero-order valence-corrected chi connectivity index (χ0v) is 13.9. The number of anilines is 1. The summed E-state index contributed by atoms with van der Waals surface area (Å²) in [7, 11) is 0. The summed E-state index contributed by atoms with van der Waals surface area (Å²) in [5.74, 6) is 1.14. The lowest BCUT2D eigenvalue weighted by molar-refractivity contribution is -0.115. The van der Waals surface area contributed by atoms with Gasteiger partial charge in [0.05, 0.1) is 25.3 Å². The van der Waals surface area contributed by atoms with Crippen molar-refractivity contribution in [1.29, 1.82) is 0 Å². The topological polar surface area (TPSA) is 64.6 Å². The van der Waals surface area contributed by atoms with Crippen molar-refractivity contribution in [3.8, 4) is 11.5 Å². The summed E-state index contributed by atoms with van der Waals surface area (Å²) < 4.78 is 10.9. The average molecular weight is 327 g/mol. The molecule has 2 aromatic rings. The van der Waals surface area contributed by atoms with Gasteiger partial charge in [0, 0.05) is 5.56 Å². The Morgan fingerprint density at radius 1 is 1.04 bits per heavy atom. The predicted octanol–water partition coefficient (Wildman–Crippen LogP) is 3.48. The lowest BCUT2D eigenvalue weighted by atomic mass is 10.1. The van der Waals surface area contributed by atoms with Crippen molar-refractivity contribution in [2.24, 2.45) is 0 Å². The summed E-state index contributed by atoms with van der Waals surface area (Å²) in [6, 6.07) is 12.3. The first-order chi connectivity index (χ1) is 11.7. The number of carbonyl (C=O) groups is 2.